The Labute approximate surface area is 89.4 Å². The van der Waals surface area contributed by atoms with Crippen LogP contribution in [0.4, 0.5) is 0 Å². The molecule has 2 heteroatoms. The minimum atomic E-state index is 0.162. The van der Waals surface area contributed by atoms with Crippen LogP contribution in [0.2, 0.25) is 0 Å². The summed E-state index contributed by atoms with van der Waals surface area (Å²) in [7, 11) is 0. The van der Waals surface area contributed by atoms with Crippen LogP contribution in [0.25, 0.3) is 0 Å². The van der Waals surface area contributed by atoms with Crippen molar-refractivity contribution < 1.29 is 0 Å². The van der Waals surface area contributed by atoms with E-state index >= 15 is 0 Å². The molecule has 1 heterocycles. The van der Waals surface area contributed by atoms with Gasteiger partial charge in [0.25, 0.3) is 0 Å². The second kappa shape index (κ2) is 4.61. The van der Waals surface area contributed by atoms with E-state index in [2.05, 4.69) is 17.5 Å². The fourth-order valence-electron chi connectivity index (χ4n) is 2.34. The summed E-state index contributed by atoms with van der Waals surface area (Å²) in [5.41, 5.74) is 0. The highest BCUT2D eigenvalue weighted by molar-refractivity contribution is 7.10. The van der Waals surface area contributed by atoms with Crippen molar-refractivity contribution in [1.29, 1.82) is 5.26 Å². The second-order valence-corrected chi connectivity index (χ2v) is 5.00. The molecule has 0 bridgehead atoms. The van der Waals surface area contributed by atoms with Gasteiger partial charge in [0.1, 0.15) is 0 Å². The van der Waals surface area contributed by atoms with Crippen LogP contribution in [-0.4, -0.2) is 0 Å². The van der Waals surface area contributed by atoms with Gasteiger partial charge in [0.05, 0.1) is 12.0 Å². The van der Waals surface area contributed by atoms with Crippen LogP contribution in [0.1, 0.15) is 42.9 Å². The lowest BCUT2D eigenvalue weighted by atomic mass is 9.80. The molecule has 1 aromatic rings. The van der Waals surface area contributed by atoms with Gasteiger partial charge in [-0.3, -0.25) is 0 Å². The number of thiophene rings is 1. The fourth-order valence-corrected chi connectivity index (χ4v) is 3.20. The first-order valence-corrected chi connectivity index (χ1v) is 6.23. The standard InChI is InChI=1S/C12H15NS/c13-9-11(12-7-4-8-14-12)10-5-2-1-3-6-10/h4,7-8,10-11H,1-3,5-6H2/t11-/m0/s1. The van der Waals surface area contributed by atoms with Crippen molar-refractivity contribution in [1.82, 2.24) is 0 Å². The smallest absolute Gasteiger partial charge is 0.0834 e. The number of rotatable bonds is 2. The maximum absolute atomic E-state index is 9.21. The van der Waals surface area contributed by atoms with Crippen molar-refractivity contribution in [3.05, 3.63) is 22.4 Å². The van der Waals surface area contributed by atoms with Gasteiger partial charge < -0.3 is 0 Å². The molecule has 1 aromatic heterocycles. The van der Waals surface area contributed by atoms with E-state index in [4.69, 9.17) is 0 Å². The monoisotopic (exact) mass is 205 g/mol. The van der Waals surface area contributed by atoms with Gasteiger partial charge in [0.15, 0.2) is 0 Å². The highest BCUT2D eigenvalue weighted by Gasteiger charge is 2.25. The molecule has 1 aliphatic carbocycles. The lowest BCUT2D eigenvalue weighted by Gasteiger charge is -2.24. The van der Waals surface area contributed by atoms with E-state index in [1.165, 1.54) is 37.0 Å². The highest BCUT2D eigenvalue weighted by Crippen LogP contribution is 2.37. The van der Waals surface area contributed by atoms with Gasteiger partial charge in [0, 0.05) is 4.88 Å². The van der Waals surface area contributed by atoms with Crippen molar-refractivity contribution in [2.75, 3.05) is 0 Å². The number of nitriles is 1. The maximum Gasteiger partial charge on any atom is 0.0834 e. The summed E-state index contributed by atoms with van der Waals surface area (Å²) >= 11 is 1.73. The Morgan fingerprint density at radius 2 is 2.14 bits per heavy atom. The highest BCUT2D eigenvalue weighted by atomic mass is 32.1. The molecule has 0 aliphatic heterocycles. The Kier molecular flexibility index (Phi) is 3.21. The minimum absolute atomic E-state index is 0.162. The second-order valence-electron chi connectivity index (χ2n) is 4.02. The Morgan fingerprint density at radius 3 is 2.71 bits per heavy atom. The molecule has 1 aliphatic rings. The van der Waals surface area contributed by atoms with Crippen molar-refractivity contribution in [2.24, 2.45) is 5.92 Å². The third-order valence-electron chi connectivity index (χ3n) is 3.11. The van der Waals surface area contributed by atoms with Crippen molar-refractivity contribution in [2.45, 2.75) is 38.0 Å². The SMILES string of the molecule is N#C[C@H](c1cccs1)C1CCCCC1. The third-order valence-corrected chi connectivity index (χ3v) is 4.07. The van der Waals surface area contributed by atoms with Crippen LogP contribution >= 0.6 is 11.3 Å². The van der Waals surface area contributed by atoms with Crippen LogP contribution in [-0.2, 0) is 0 Å². The Hall–Kier alpha value is -0.810. The van der Waals surface area contributed by atoms with Crippen LogP contribution in [0.5, 0.6) is 0 Å². The molecule has 74 valence electrons. The van der Waals surface area contributed by atoms with Crippen molar-refractivity contribution >= 4 is 11.3 Å². The number of hydrogen-bond donors (Lipinski definition) is 0. The summed E-state index contributed by atoms with van der Waals surface area (Å²) in [6.45, 7) is 0. The predicted molar refractivity (Wildman–Crippen MR) is 59.2 cm³/mol. The summed E-state index contributed by atoms with van der Waals surface area (Å²) in [6.07, 6.45) is 6.48. The molecular formula is C12H15NS. The van der Waals surface area contributed by atoms with E-state index in [0.717, 1.165) is 0 Å². The Bertz CT molecular complexity index is 304. The zero-order valence-corrected chi connectivity index (χ0v) is 9.09. The summed E-state index contributed by atoms with van der Waals surface area (Å²) in [5.74, 6) is 0.780. The zero-order chi connectivity index (χ0) is 9.80. The van der Waals surface area contributed by atoms with Crippen molar-refractivity contribution in [3.63, 3.8) is 0 Å². The lowest BCUT2D eigenvalue weighted by molar-refractivity contribution is 0.338. The van der Waals surface area contributed by atoms with Crippen LogP contribution in [0.3, 0.4) is 0 Å². The lowest BCUT2D eigenvalue weighted by Crippen LogP contribution is -2.14. The van der Waals surface area contributed by atoms with Crippen LogP contribution < -0.4 is 0 Å². The van der Waals surface area contributed by atoms with Gasteiger partial charge in [-0.1, -0.05) is 25.3 Å². The Balaban J connectivity index is 2.09. The number of nitrogens with zero attached hydrogens (tertiary/aromatic N) is 1. The zero-order valence-electron chi connectivity index (χ0n) is 8.28. The molecular weight excluding hydrogens is 190 g/mol. The molecule has 0 saturated heterocycles. The van der Waals surface area contributed by atoms with E-state index in [0.29, 0.717) is 5.92 Å². The fraction of sp³-hybridized carbons (Fsp3) is 0.583. The molecule has 1 fully saturated rings. The normalized spacial score (nSPS) is 20.2. The van der Waals surface area contributed by atoms with Crippen molar-refractivity contribution in [3.8, 4) is 6.07 Å². The quantitative estimate of drug-likeness (QED) is 0.717. The summed E-state index contributed by atoms with van der Waals surface area (Å²) in [5, 5.41) is 11.3. The average Bonchev–Trinajstić information content (AvgIpc) is 2.74. The molecule has 0 aromatic carbocycles. The topological polar surface area (TPSA) is 23.8 Å². The molecule has 0 spiro atoms. The van der Waals surface area contributed by atoms with E-state index in [1.807, 2.05) is 6.07 Å². The number of hydrogen-bond acceptors (Lipinski definition) is 2. The van der Waals surface area contributed by atoms with Gasteiger partial charge in [0.2, 0.25) is 0 Å². The van der Waals surface area contributed by atoms with E-state index in [9.17, 15) is 5.26 Å². The molecule has 0 unspecified atom stereocenters. The van der Waals surface area contributed by atoms with Gasteiger partial charge in [-0.15, -0.1) is 11.3 Å². The summed E-state index contributed by atoms with van der Waals surface area (Å²) in [6, 6.07) is 6.64. The van der Waals surface area contributed by atoms with E-state index in [1.54, 1.807) is 11.3 Å². The molecule has 1 saturated carbocycles. The van der Waals surface area contributed by atoms with E-state index < -0.39 is 0 Å². The molecule has 1 atom stereocenters. The molecule has 0 amide bonds. The summed E-state index contributed by atoms with van der Waals surface area (Å²) < 4.78 is 0. The molecule has 0 radical (unpaired) electrons. The first-order chi connectivity index (χ1) is 6.92. The minimum Gasteiger partial charge on any atom is -0.198 e. The predicted octanol–water partition coefficient (Wildman–Crippen LogP) is 3.94. The first-order valence-electron chi connectivity index (χ1n) is 5.35. The molecule has 0 N–H and O–H groups in total. The molecule has 1 nitrogen and oxygen atoms in total. The third kappa shape index (κ3) is 1.99. The van der Waals surface area contributed by atoms with Crippen LogP contribution in [0, 0.1) is 17.2 Å². The largest absolute Gasteiger partial charge is 0.198 e. The van der Waals surface area contributed by atoms with Gasteiger partial charge in [-0.05, 0) is 30.2 Å². The van der Waals surface area contributed by atoms with Gasteiger partial charge in [-0.2, -0.15) is 5.26 Å². The van der Waals surface area contributed by atoms with Gasteiger partial charge in [-0.25, -0.2) is 0 Å². The van der Waals surface area contributed by atoms with Gasteiger partial charge >= 0.3 is 0 Å². The first kappa shape index (κ1) is 9.73. The molecule has 14 heavy (non-hydrogen) atoms. The maximum atomic E-state index is 9.21. The van der Waals surface area contributed by atoms with E-state index in [-0.39, 0.29) is 5.92 Å². The Morgan fingerprint density at radius 1 is 1.36 bits per heavy atom. The average molecular weight is 205 g/mol. The van der Waals surface area contributed by atoms with Crippen LogP contribution in [0.15, 0.2) is 17.5 Å². The summed E-state index contributed by atoms with van der Waals surface area (Å²) in [4.78, 5) is 1.26. The molecule has 2 rings (SSSR count).